The van der Waals surface area contributed by atoms with E-state index in [4.69, 9.17) is 0 Å². The Labute approximate surface area is 122 Å². The minimum atomic E-state index is 0.217. The van der Waals surface area contributed by atoms with Gasteiger partial charge in [-0.25, -0.2) is 0 Å². The Hall–Kier alpha value is -1.31. The highest BCUT2D eigenvalue weighted by Crippen LogP contribution is 2.34. The van der Waals surface area contributed by atoms with Gasteiger partial charge in [0.05, 0.1) is 0 Å². The third-order valence-electron chi connectivity index (χ3n) is 4.93. The quantitative estimate of drug-likeness (QED) is 0.788. The second-order valence-corrected chi connectivity index (χ2v) is 6.60. The molecule has 108 valence electrons. The summed E-state index contributed by atoms with van der Waals surface area (Å²) in [5, 5.41) is 0. The highest BCUT2D eigenvalue weighted by Gasteiger charge is 2.22. The van der Waals surface area contributed by atoms with Crippen molar-refractivity contribution >= 4 is 5.91 Å². The number of rotatable bonds is 2. The van der Waals surface area contributed by atoms with E-state index >= 15 is 0 Å². The van der Waals surface area contributed by atoms with E-state index in [-0.39, 0.29) is 5.91 Å². The van der Waals surface area contributed by atoms with Crippen molar-refractivity contribution < 1.29 is 4.79 Å². The van der Waals surface area contributed by atoms with E-state index in [1.807, 2.05) is 17.0 Å². The molecule has 1 amide bonds. The van der Waals surface area contributed by atoms with Gasteiger partial charge in [-0.2, -0.15) is 0 Å². The maximum atomic E-state index is 12.5. The molecule has 2 aliphatic rings. The highest BCUT2D eigenvalue weighted by atomic mass is 16.2. The van der Waals surface area contributed by atoms with Crippen molar-refractivity contribution in [2.75, 3.05) is 13.1 Å². The standard InChI is InChI=1S/C18H25NO/c1-14-5-4-12-19(13-14)18(20)17-10-8-16(9-11-17)15-6-2-3-7-15/h8-11,14-15H,2-7,12-13H2,1H3. The molecule has 2 fully saturated rings. The van der Waals surface area contributed by atoms with Gasteiger partial charge in [0.15, 0.2) is 0 Å². The highest BCUT2D eigenvalue weighted by molar-refractivity contribution is 5.94. The SMILES string of the molecule is CC1CCCN(C(=O)c2ccc(C3CCCC3)cc2)C1. The lowest BCUT2D eigenvalue weighted by Gasteiger charge is -2.31. The summed E-state index contributed by atoms with van der Waals surface area (Å²) in [6, 6.07) is 8.43. The molecular formula is C18H25NO. The van der Waals surface area contributed by atoms with Gasteiger partial charge in [-0.3, -0.25) is 4.79 Å². The fourth-order valence-electron chi connectivity index (χ4n) is 3.71. The van der Waals surface area contributed by atoms with E-state index in [2.05, 4.69) is 19.1 Å². The second kappa shape index (κ2) is 5.99. The zero-order chi connectivity index (χ0) is 13.9. The summed E-state index contributed by atoms with van der Waals surface area (Å²) in [6.45, 7) is 4.08. The molecule has 1 heterocycles. The molecule has 1 aromatic carbocycles. The van der Waals surface area contributed by atoms with E-state index in [0.29, 0.717) is 5.92 Å². The third kappa shape index (κ3) is 2.89. The third-order valence-corrected chi connectivity index (χ3v) is 4.93. The number of hydrogen-bond donors (Lipinski definition) is 0. The first-order valence-corrected chi connectivity index (χ1v) is 8.13. The molecule has 0 bridgehead atoms. The molecule has 1 aromatic rings. The number of benzene rings is 1. The number of carbonyl (C=O) groups excluding carboxylic acids is 1. The van der Waals surface area contributed by atoms with Crippen LogP contribution in [0.2, 0.25) is 0 Å². The number of nitrogens with zero attached hydrogens (tertiary/aromatic N) is 1. The average molecular weight is 271 g/mol. The van der Waals surface area contributed by atoms with Gasteiger partial charge in [-0.1, -0.05) is 31.9 Å². The van der Waals surface area contributed by atoms with Gasteiger partial charge < -0.3 is 4.90 Å². The Morgan fingerprint density at radius 2 is 1.75 bits per heavy atom. The molecular weight excluding hydrogens is 246 g/mol. The lowest BCUT2D eigenvalue weighted by Crippen LogP contribution is -2.39. The Bertz CT molecular complexity index is 459. The lowest BCUT2D eigenvalue weighted by atomic mass is 9.96. The maximum Gasteiger partial charge on any atom is 0.253 e. The molecule has 0 radical (unpaired) electrons. The summed E-state index contributed by atoms with van der Waals surface area (Å²) in [6.07, 6.45) is 7.75. The Morgan fingerprint density at radius 1 is 1.05 bits per heavy atom. The minimum Gasteiger partial charge on any atom is -0.338 e. The zero-order valence-electron chi connectivity index (χ0n) is 12.5. The Morgan fingerprint density at radius 3 is 2.40 bits per heavy atom. The number of amides is 1. The summed E-state index contributed by atoms with van der Waals surface area (Å²) in [4.78, 5) is 14.5. The van der Waals surface area contributed by atoms with Crippen molar-refractivity contribution in [3.63, 3.8) is 0 Å². The molecule has 0 N–H and O–H groups in total. The Kier molecular flexibility index (Phi) is 4.09. The monoisotopic (exact) mass is 271 g/mol. The number of piperidine rings is 1. The van der Waals surface area contributed by atoms with E-state index in [1.54, 1.807) is 0 Å². The topological polar surface area (TPSA) is 20.3 Å². The fourth-order valence-corrected chi connectivity index (χ4v) is 3.71. The summed E-state index contributed by atoms with van der Waals surface area (Å²) in [5.41, 5.74) is 2.28. The van der Waals surface area contributed by atoms with Crippen molar-refractivity contribution in [1.29, 1.82) is 0 Å². The molecule has 2 nitrogen and oxygen atoms in total. The summed E-state index contributed by atoms with van der Waals surface area (Å²) in [7, 11) is 0. The largest absolute Gasteiger partial charge is 0.338 e. The van der Waals surface area contributed by atoms with Crippen LogP contribution in [-0.2, 0) is 0 Å². The lowest BCUT2D eigenvalue weighted by molar-refractivity contribution is 0.0683. The number of likely N-dealkylation sites (tertiary alicyclic amines) is 1. The summed E-state index contributed by atoms with van der Waals surface area (Å²) >= 11 is 0. The normalized spacial score (nSPS) is 24.1. The van der Waals surface area contributed by atoms with E-state index in [0.717, 1.165) is 31.0 Å². The fraction of sp³-hybridized carbons (Fsp3) is 0.611. The molecule has 2 heteroatoms. The van der Waals surface area contributed by atoms with Crippen LogP contribution in [0.5, 0.6) is 0 Å². The van der Waals surface area contributed by atoms with Gasteiger partial charge in [0.1, 0.15) is 0 Å². The molecule has 3 rings (SSSR count). The molecule has 0 spiro atoms. The van der Waals surface area contributed by atoms with Gasteiger partial charge in [-0.05, 0) is 55.2 Å². The van der Waals surface area contributed by atoms with Crippen LogP contribution in [0.15, 0.2) is 24.3 Å². The van der Waals surface area contributed by atoms with Crippen molar-refractivity contribution in [3.8, 4) is 0 Å². The zero-order valence-corrected chi connectivity index (χ0v) is 12.5. The van der Waals surface area contributed by atoms with Crippen molar-refractivity contribution in [1.82, 2.24) is 4.90 Å². The summed E-state index contributed by atoms with van der Waals surface area (Å²) in [5.74, 6) is 1.59. The van der Waals surface area contributed by atoms with Crippen LogP contribution in [0.4, 0.5) is 0 Å². The van der Waals surface area contributed by atoms with Crippen LogP contribution in [0.3, 0.4) is 0 Å². The van der Waals surface area contributed by atoms with Crippen LogP contribution in [0, 0.1) is 5.92 Å². The molecule has 1 aliphatic heterocycles. The van der Waals surface area contributed by atoms with Crippen LogP contribution >= 0.6 is 0 Å². The molecule has 1 atom stereocenters. The van der Waals surface area contributed by atoms with E-state index < -0.39 is 0 Å². The first-order chi connectivity index (χ1) is 9.74. The van der Waals surface area contributed by atoms with Gasteiger partial charge in [-0.15, -0.1) is 0 Å². The van der Waals surface area contributed by atoms with E-state index in [9.17, 15) is 4.79 Å². The van der Waals surface area contributed by atoms with Crippen LogP contribution in [0.1, 0.15) is 67.3 Å². The van der Waals surface area contributed by atoms with E-state index in [1.165, 1.54) is 37.7 Å². The smallest absolute Gasteiger partial charge is 0.253 e. The summed E-state index contributed by atoms with van der Waals surface area (Å²) < 4.78 is 0. The molecule has 1 saturated heterocycles. The molecule has 1 aliphatic carbocycles. The van der Waals surface area contributed by atoms with Gasteiger partial charge in [0.2, 0.25) is 0 Å². The predicted octanol–water partition coefficient (Wildman–Crippen LogP) is 4.22. The minimum absolute atomic E-state index is 0.217. The first kappa shape index (κ1) is 13.7. The van der Waals surface area contributed by atoms with Crippen molar-refractivity contribution in [2.45, 2.75) is 51.4 Å². The predicted molar refractivity (Wildman–Crippen MR) is 82.0 cm³/mol. The van der Waals surface area contributed by atoms with Gasteiger partial charge >= 0.3 is 0 Å². The molecule has 1 saturated carbocycles. The number of hydrogen-bond acceptors (Lipinski definition) is 1. The Balaban J connectivity index is 1.68. The first-order valence-electron chi connectivity index (χ1n) is 8.13. The second-order valence-electron chi connectivity index (χ2n) is 6.60. The van der Waals surface area contributed by atoms with Crippen LogP contribution in [-0.4, -0.2) is 23.9 Å². The van der Waals surface area contributed by atoms with Crippen LogP contribution in [0.25, 0.3) is 0 Å². The van der Waals surface area contributed by atoms with Crippen LogP contribution < -0.4 is 0 Å². The van der Waals surface area contributed by atoms with Gasteiger partial charge in [0, 0.05) is 18.7 Å². The molecule has 20 heavy (non-hydrogen) atoms. The number of carbonyl (C=O) groups is 1. The molecule has 0 aromatic heterocycles. The van der Waals surface area contributed by atoms with Crippen molar-refractivity contribution in [3.05, 3.63) is 35.4 Å². The van der Waals surface area contributed by atoms with Crippen molar-refractivity contribution in [2.24, 2.45) is 5.92 Å². The maximum absolute atomic E-state index is 12.5. The van der Waals surface area contributed by atoms with Gasteiger partial charge in [0.25, 0.3) is 5.91 Å². The molecule has 1 unspecified atom stereocenters. The average Bonchev–Trinajstić information content (AvgIpc) is 3.01.